The fourth-order valence-corrected chi connectivity index (χ4v) is 2.10. The predicted molar refractivity (Wildman–Crippen MR) is 71.4 cm³/mol. The Morgan fingerprint density at radius 3 is 3.00 bits per heavy atom. The average molecular weight is 241 g/mol. The van der Waals surface area contributed by atoms with E-state index in [0.717, 1.165) is 35.5 Å². The van der Waals surface area contributed by atoms with Crippen molar-refractivity contribution in [3.8, 4) is 0 Å². The Kier molecular flexibility index (Phi) is 2.72. The molecule has 5 nitrogen and oxygen atoms in total. The fourth-order valence-electron chi connectivity index (χ4n) is 2.10. The van der Waals surface area contributed by atoms with E-state index in [1.807, 2.05) is 24.5 Å². The first-order valence-corrected chi connectivity index (χ1v) is 6.05. The lowest BCUT2D eigenvalue weighted by atomic mass is 10.2. The summed E-state index contributed by atoms with van der Waals surface area (Å²) in [5.41, 5.74) is 3.26. The lowest BCUT2D eigenvalue weighted by molar-refractivity contribution is 1.05. The molecule has 0 bridgehead atoms. The van der Waals surface area contributed by atoms with Crippen molar-refractivity contribution in [3.05, 3.63) is 42.1 Å². The van der Waals surface area contributed by atoms with Gasteiger partial charge in [-0.05, 0) is 24.1 Å². The van der Waals surface area contributed by atoms with E-state index in [9.17, 15) is 0 Å². The van der Waals surface area contributed by atoms with E-state index < -0.39 is 0 Å². The van der Waals surface area contributed by atoms with Gasteiger partial charge in [-0.25, -0.2) is 9.97 Å². The molecule has 0 aromatic carbocycles. The number of aromatic nitrogens is 4. The van der Waals surface area contributed by atoms with Crippen LogP contribution in [-0.4, -0.2) is 19.9 Å². The molecule has 0 amide bonds. The van der Waals surface area contributed by atoms with Crippen LogP contribution in [-0.2, 0) is 13.0 Å². The molecule has 92 valence electrons. The number of H-pyrrole nitrogens is 2. The molecule has 3 aromatic rings. The predicted octanol–water partition coefficient (Wildman–Crippen LogP) is 2.46. The highest BCUT2D eigenvalue weighted by molar-refractivity contribution is 5.90. The Hall–Kier alpha value is -2.30. The van der Waals surface area contributed by atoms with Crippen LogP contribution in [0, 0.1) is 0 Å². The van der Waals surface area contributed by atoms with Crippen molar-refractivity contribution in [1.29, 1.82) is 0 Å². The maximum absolute atomic E-state index is 4.33. The van der Waals surface area contributed by atoms with Crippen molar-refractivity contribution in [2.45, 2.75) is 19.9 Å². The third-order valence-electron chi connectivity index (χ3n) is 3.04. The van der Waals surface area contributed by atoms with E-state index in [4.69, 9.17) is 0 Å². The third kappa shape index (κ3) is 1.84. The van der Waals surface area contributed by atoms with Gasteiger partial charge in [-0.15, -0.1) is 0 Å². The number of fused-ring (bicyclic) bond motifs is 1. The van der Waals surface area contributed by atoms with Crippen molar-refractivity contribution < 1.29 is 0 Å². The van der Waals surface area contributed by atoms with Crippen LogP contribution in [0.4, 0.5) is 5.82 Å². The lowest BCUT2D eigenvalue weighted by Crippen LogP contribution is -2.03. The van der Waals surface area contributed by atoms with Gasteiger partial charge in [0.1, 0.15) is 17.8 Å². The summed E-state index contributed by atoms with van der Waals surface area (Å²) in [6, 6.07) is 4.03. The van der Waals surface area contributed by atoms with E-state index >= 15 is 0 Å². The minimum atomic E-state index is 0.730. The average Bonchev–Trinajstić information content (AvgIpc) is 3.05. The van der Waals surface area contributed by atoms with Gasteiger partial charge in [0.2, 0.25) is 0 Å². The molecule has 0 aliphatic rings. The first-order valence-electron chi connectivity index (χ1n) is 6.05. The van der Waals surface area contributed by atoms with Gasteiger partial charge in [-0.3, -0.25) is 0 Å². The molecule has 3 heterocycles. The van der Waals surface area contributed by atoms with Crippen LogP contribution in [0.1, 0.15) is 18.2 Å². The molecule has 3 N–H and O–H groups in total. The second kappa shape index (κ2) is 4.52. The number of hydrogen-bond donors (Lipinski definition) is 3. The third-order valence-corrected chi connectivity index (χ3v) is 3.04. The smallest absolute Gasteiger partial charge is 0.143 e. The highest BCUT2D eigenvalue weighted by Crippen LogP contribution is 2.23. The standard InChI is InChI=1S/C13H15N5/c1-2-9-6-15-12-11(9)13(18-8-17-12)16-7-10-4-3-5-14-10/h3-6,8,14H,2,7H2,1H3,(H2,15,16,17,18). The molecular formula is C13H15N5. The van der Waals surface area contributed by atoms with Gasteiger partial charge in [0.25, 0.3) is 0 Å². The zero-order valence-electron chi connectivity index (χ0n) is 10.2. The molecule has 5 heteroatoms. The van der Waals surface area contributed by atoms with Gasteiger partial charge in [0.05, 0.1) is 11.9 Å². The summed E-state index contributed by atoms with van der Waals surface area (Å²) >= 11 is 0. The summed E-state index contributed by atoms with van der Waals surface area (Å²) in [4.78, 5) is 14.9. The zero-order chi connectivity index (χ0) is 12.4. The molecule has 0 radical (unpaired) electrons. The Morgan fingerprint density at radius 1 is 1.28 bits per heavy atom. The first kappa shape index (κ1) is 10.8. The molecule has 0 saturated heterocycles. The van der Waals surface area contributed by atoms with Crippen LogP contribution < -0.4 is 5.32 Å². The molecule has 0 fully saturated rings. The monoisotopic (exact) mass is 241 g/mol. The summed E-state index contributed by atoms with van der Waals surface area (Å²) < 4.78 is 0. The number of aromatic amines is 2. The van der Waals surface area contributed by atoms with Crippen LogP contribution in [0.25, 0.3) is 11.0 Å². The van der Waals surface area contributed by atoms with Crippen molar-refractivity contribution in [3.63, 3.8) is 0 Å². The highest BCUT2D eigenvalue weighted by atomic mass is 15.0. The maximum atomic E-state index is 4.33. The van der Waals surface area contributed by atoms with E-state index in [1.165, 1.54) is 5.56 Å². The van der Waals surface area contributed by atoms with Crippen LogP contribution in [0.5, 0.6) is 0 Å². The SMILES string of the molecule is CCc1c[nH]c2ncnc(NCc3ccc[nH]3)c12. The van der Waals surface area contributed by atoms with Crippen LogP contribution >= 0.6 is 0 Å². The maximum Gasteiger partial charge on any atom is 0.143 e. The topological polar surface area (TPSA) is 69.4 Å². The fraction of sp³-hybridized carbons (Fsp3) is 0.231. The number of anilines is 1. The van der Waals surface area contributed by atoms with E-state index in [2.05, 4.69) is 32.2 Å². The second-order valence-corrected chi connectivity index (χ2v) is 4.16. The van der Waals surface area contributed by atoms with Gasteiger partial charge in [0, 0.05) is 18.1 Å². The van der Waals surface area contributed by atoms with Crippen molar-refractivity contribution in [1.82, 2.24) is 19.9 Å². The van der Waals surface area contributed by atoms with Crippen LogP contribution in [0.3, 0.4) is 0 Å². The quantitative estimate of drug-likeness (QED) is 0.657. The Balaban J connectivity index is 1.93. The number of aryl methyl sites for hydroxylation is 1. The van der Waals surface area contributed by atoms with Crippen molar-refractivity contribution >= 4 is 16.9 Å². The molecular weight excluding hydrogens is 226 g/mol. The molecule has 0 unspecified atom stereocenters. The Labute approximate surface area is 105 Å². The second-order valence-electron chi connectivity index (χ2n) is 4.16. The highest BCUT2D eigenvalue weighted by Gasteiger charge is 2.09. The molecule has 0 aliphatic heterocycles. The number of rotatable bonds is 4. The largest absolute Gasteiger partial charge is 0.364 e. The summed E-state index contributed by atoms with van der Waals surface area (Å²) in [5.74, 6) is 0.882. The summed E-state index contributed by atoms with van der Waals surface area (Å²) in [6.07, 6.45) is 6.46. The Morgan fingerprint density at radius 2 is 2.22 bits per heavy atom. The molecule has 0 aliphatic carbocycles. The van der Waals surface area contributed by atoms with Crippen molar-refractivity contribution in [2.75, 3.05) is 5.32 Å². The molecule has 18 heavy (non-hydrogen) atoms. The minimum absolute atomic E-state index is 0.730. The summed E-state index contributed by atoms with van der Waals surface area (Å²) in [6.45, 7) is 2.86. The number of nitrogens with one attached hydrogen (secondary N) is 3. The van der Waals surface area contributed by atoms with E-state index in [1.54, 1.807) is 6.33 Å². The normalized spacial score (nSPS) is 10.9. The first-order chi connectivity index (χ1) is 8.88. The molecule has 0 atom stereocenters. The van der Waals surface area contributed by atoms with Gasteiger partial charge in [-0.2, -0.15) is 0 Å². The summed E-state index contributed by atoms with van der Waals surface area (Å²) in [5, 5.41) is 4.44. The molecule has 3 aromatic heterocycles. The van der Waals surface area contributed by atoms with Crippen molar-refractivity contribution in [2.24, 2.45) is 0 Å². The van der Waals surface area contributed by atoms with Gasteiger partial charge >= 0.3 is 0 Å². The molecule has 0 spiro atoms. The van der Waals surface area contributed by atoms with Gasteiger partial charge < -0.3 is 15.3 Å². The lowest BCUT2D eigenvalue weighted by Gasteiger charge is -2.06. The van der Waals surface area contributed by atoms with Gasteiger partial charge in [0.15, 0.2) is 0 Å². The Bertz CT molecular complexity index is 639. The van der Waals surface area contributed by atoms with Crippen LogP contribution in [0.2, 0.25) is 0 Å². The molecule has 3 rings (SSSR count). The molecule has 0 saturated carbocycles. The number of nitrogens with zero attached hydrogens (tertiary/aromatic N) is 2. The van der Waals surface area contributed by atoms with E-state index in [-0.39, 0.29) is 0 Å². The zero-order valence-corrected chi connectivity index (χ0v) is 10.2. The summed E-state index contributed by atoms with van der Waals surface area (Å²) in [7, 11) is 0. The minimum Gasteiger partial charge on any atom is -0.364 e. The van der Waals surface area contributed by atoms with Gasteiger partial charge in [-0.1, -0.05) is 6.92 Å². The van der Waals surface area contributed by atoms with Crippen LogP contribution in [0.15, 0.2) is 30.9 Å². The van der Waals surface area contributed by atoms with E-state index in [0.29, 0.717) is 0 Å². The number of hydrogen-bond acceptors (Lipinski definition) is 3.